The average molecular weight is 163 g/mol. The zero-order valence-electron chi connectivity index (χ0n) is 7.55. The maximum absolute atomic E-state index is 3.71. The molecule has 2 aliphatic carbocycles. The van der Waals surface area contributed by atoms with Gasteiger partial charge in [-0.25, -0.2) is 0 Å². The van der Waals surface area contributed by atoms with Gasteiger partial charge in [-0.15, -0.1) is 0 Å². The molecule has 1 aliphatic heterocycles. The van der Waals surface area contributed by atoms with E-state index >= 15 is 0 Å². The Hall–Kier alpha value is -0.300. The third-order valence-corrected chi connectivity index (χ3v) is 4.28. The molecular formula is C11H17N. The maximum Gasteiger partial charge on any atom is 0.0287 e. The van der Waals surface area contributed by atoms with E-state index in [1.165, 1.54) is 38.6 Å². The molecule has 1 saturated heterocycles. The highest BCUT2D eigenvalue weighted by atomic mass is 15.1. The van der Waals surface area contributed by atoms with Crippen molar-refractivity contribution < 1.29 is 0 Å². The molecule has 3 atom stereocenters. The lowest BCUT2D eigenvalue weighted by Gasteiger charge is -2.59. The molecule has 0 bridgehead atoms. The van der Waals surface area contributed by atoms with Gasteiger partial charge in [0.25, 0.3) is 0 Å². The highest BCUT2D eigenvalue weighted by Crippen LogP contribution is 2.49. The topological polar surface area (TPSA) is 12.0 Å². The Kier molecular flexibility index (Phi) is 1.40. The summed E-state index contributed by atoms with van der Waals surface area (Å²) in [5, 5.41) is 3.71. The van der Waals surface area contributed by atoms with Crippen LogP contribution in [0.2, 0.25) is 0 Å². The maximum atomic E-state index is 3.71. The standard InChI is InChI=1S/C11H17N/c1-2-7-11-9(4-1)5-3-6-10(11)8-12-11/h1-2,9-10,12H,3-8H2. The quantitative estimate of drug-likeness (QED) is 0.539. The van der Waals surface area contributed by atoms with Crippen molar-refractivity contribution in [3.05, 3.63) is 12.2 Å². The van der Waals surface area contributed by atoms with Crippen LogP contribution < -0.4 is 5.32 Å². The van der Waals surface area contributed by atoms with E-state index in [9.17, 15) is 0 Å². The summed E-state index contributed by atoms with van der Waals surface area (Å²) < 4.78 is 0. The average Bonchev–Trinajstić information content (AvgIpc) is 2.10. The molecule has 2 fully saturated rings. The summed E-state index contributed by atoms with van der Waals surface area (Å²) in [6.45, 7) is 1.30. The molecule has 12 heavy (non-hydrogen) atoms. The Morgan fingerprint density at radius 2 is 2.08 bits per heavy atom. The minimum absolute atomic E-state index is 0.576. The van der Waals surface area contributed by atoms with Crippen molar-refractivity contribution in [3.63, 3.8) is 0 Å². The third kappa shape index (κ3) is 0.731. The summed E-state index contributed by atoms with van der Waals surface area (Å²) in [7, 11) is 0. The molecule has 66 valence electrons. The van der Waals surface area contributed by atoms with Gasteiger partial charge in [-0.1, -0.05) is 18.6 Å². The Bertz CT molecular complexity index is 221. The van der Waals surface area contributed by atoms with Crippen LogP contribution >= 0.6 is 0 Å². The van der Waals surface area contributed by atoms with Crippen LogP contribution in [-0.2, 0) is 0 Å². The van der Waals surface area contributed by atoms with Crippen LogP contribution in [0.1, 0.15) is 32.1 Å². The Morgan fingerprint density at radius 1 is 1.17 bits per heavy atom. The third-order valence-electron chi connectivity index (χ3n) is 4.28. The first-order valence-electron chi connectivity index (χ1n) is 5.32. The Labute approximate surface area is 74.2 Å². The second-order valence-corrected chi connectivity index (χ2v) is 4.66. The molecular weight excluding hydrogens is 146 g/mol. The summed E-state index contributed by atoms with van der Waals surface area (Å²) in [4.78, 5) is 0. The predicted octanol–water partition coefficient (Wildman–Crippen LogP) is 2.09. The molecule has 3 unspecified atom stereocenters. The Morgan fingerprint density at radius 3 is 2.83 bits per heavy atom. The van der Waals surface area contributed by atoms with Gasteiger partial charge in [-0.05, 0) is 37.5 Å². The molecule has 3 aliphatic rings. The molecule has 3 rings (SSSR count). The molecule has 1 heterocycles. The number of hydrogen-bond donors (Lipinski definition) is 1. The largest absolute Gasteiger partial charge is 0.310 e. The predicted molar refractivity (Wildman–Crippen MR) is 49.9 cm³/mol. The second-order valence-electron chi connectivity index (χ2n) is 4.66. The van der Waals surface area contributed by atoms with Crippen molar-refractivity contribution >= 4 is 0 Å². The first-order valence-corrected chi connectivity index (χ1v) is 5.32. The van der Waals surface area contributed by atoms with Crippen LogP contribution in [0.15, 0.2) is 12.2 Å². The monoisotopic (exact) mass is 163 g/mol. The van der Waals surface area contributed by atoms with E-state index in [1.807, 2.05) is 0 Å². The van der Waals surface area contributed by atoms with Gasteiger partial charge in [0.15, 0.2) is 0 Å². The zero-order chi connectivity index (χ0) is 8.02. The van der Waals surface area contributed by atoms with Crippen LogP contribution in [0.5, 0.6) is 0 Å². The van der Waals surface area contributed by atoms with Crippen molar-refractivity contribution in [3.8, 4) is 0 Å². The molecule has 1 nitrogen and oxygen atoms in total. The molecule has 0 amide bonds. The normalized spacial score (nSPS) is 50.7. The van der Waals surface area contributed by atoms with Gasteiger partial charge in [0.05, 0.1) is 0 Å². The van der Waals surface area contributed by atoms with E-state index in [0.29, 0.717) is 5.54 Å². The van der Waals surface area contributed by atoms with Crippen LogP contribution in [0, 0.1) is 11.8 Å². The number of nitrogens with one attached hydrogen (secondary N) is 1. The zero-order valence-corrected chi connectivity index (χ0v) is 7.55. The van der Waals surface area contributed by atoms with Crippen LogP contribution in [0.25, 0.3) is 0 Å². The lowest BCUT2D eigenvalue weighted by molar-refractivity contribution is -0.00648. The van der Waals surface area contributed by atoms with Crippen LogP contribution in [0.3, 0.4) is 0 Å². The fourth-order valence-electron chi connectivity index (χ4n) is 3.49. The van der Waals surface area contributed by atoms with Crippen molar-refractivity contribution in [2.75, 3.05) is 6.54 Å². The molecule has 0 aromatic rings. The van der Waals surface area contributed by atoms with Gasteiger partial charge in [0.2, 0.25) is 0 Å². The molecule has 1 N–H and O–H groups in total. The van der Waals surface area contributed by atoms with E-state index in [-0.39, 0.29) is 0 Å². The number of rotatable bonds is 0. The van der Waals surface area contributed by atoms with Gasteiger partial charge in [0.1, 0.15) is 0 Å². The number of allylic oxidation sites excluding steroid dienone is 1. The van der Waals surface area contributed by atoms with Gasteiger partial charge < -0.3 is 5.32 Å². The summed E-state index contributed by atoms with van der Waals surface area (Å²) >= 11 is 0. The summed E-state index contributed by atoms with van der Waals surface area (Å²) in [5.41, 5.74) is 0.576. The smallest absolute Gasteiger partial charge is 0.0287 e. The molecule has 0 aromatic heterocycles. The summed E-state index contributed by atoms with van der Waals surface area (Å²) in [6.07, 6.45) is 11.9. The minimum Gasteiger partial charge on any atom is -0.310 e. The Balaban J connectivity index is 1.92. The van der Waals surface area contributed by atoms with E-state index in [0.717, 1.165) is 11.8 Å². The van der Waals surface area contributed by atoms with E-state index in [1.54, 1.807) is 0 Å². The lowest BCUT2D eigenvalue weighted by Crippen LogP contribution is -2.70. The molecule has 0 aromatic carbocycles. The molecule has 1 saturated carbocycles. The van der Waals surface area contributed by atoms with Crippen molar-refractivity contribution in [2.24, 2.45) is 11.8 Å². The number of hydrogen-bond acceptors (Lipinski definition) is 1. The lowest BCUT2D eigenvalue weighted by atomic mass is 9.57. The van der Waals surface area contributed by atoms with E-state index in [4.69, 9.17) is 0 Å². The second kappa shape index (κ2) is 2.35. The fourth-order valence-corrected chi connectivity index (χ4v) is 3.49. The minimum atomic E-state index is 0.576. The highest BCUT2D eigenvalue weighted by molar-refractivity contribution is 5.17. The van der Waals surface area contributed by atoms with Gasteiger partial charge in [0, 0.05) is 12.1 Å². The first kappa shape index (κ1) is 7.14. The van der Waals surface area contributed by atoms with Crippen molar-refractivity contribution in [1.29, 1.82) is 0 Å². The molecule has 1 heteroatoms. The first-order chi connectivity index (χ1) is 5.92. The fraction of sp³-hybridized carbons (Fsp3) is 0.818. The molecule has 1 spiro atoms. The molecule has 0 radical (unpaired) electrons. The summed E-state index contributed by atoms with van der Waals surface area (Å²) in [6, 6.07) is 0. The van der Waals surface area contributed by atoms with Gasteiger partial charge >= 0.3 is 0 Å². The van der Waals surface area contributed by atoms with Crippen molar-refractivity contribution in [2.45, 2.75) is 37.6 Å². The summed E-state index contributed by atoms with van der Waals surface area (Å²) in [5.74, 6) is 1.98. The van der Waals surface area contributed by atoms with Gasteiger partial charge in [-0.3, -0.25) is 0 Å². The van der Waals surface area contributed by atoms with Gasteiger partial charge in [-0.2, -0.15) is 0 Å². The van der Waals surface area contributed by atoms with Crippen LogP contribution in [0.4, 0.5) is 0 Å². The van der Waals surface area contributed by atoms with Crippen molar-refractivity contribution in [1.82, 2.24) is 5.32 Å². The van der Waals surface area contributed by atoms with Crippen LogP contribution in [-0.4, -0.2) is 12.1 Å². The van der Waals surface area contributed by atoms with E-state index < -0.39 is 0 Å². The highest BCUT2D eigenvalue weighted by Gasteiger charge is 2.52. The van der Waals surface area contributed by atoms with E-state index in [2.05, 4.69) is 17.5 Å². The SMILES string of the molecule is C1=CCC23NCC2CCCC3C1.